The average Bonchev–Trinajstić information content (AvgIpc) is 3.32. The van der Waals surface area contributed by atoms with Gasteiger partial charge in [0, 0.05) is 51.0 Å². The minimum atomic E-state index is -4.46. The van der Waals surface area contributed by atoms with Gasteiger partial charge in [0.2, 0.25) is 5.95 Å². The molecule has 5 heterocycles. The monoisotopic (exact) mass is 524 g/mol. The number of rotatable bonds is 3. The number of piperazine rings is 1. The molecule has 0 radical (unpaired) electrons. The van der Waals surface area contributed by atoms with Gasteiger partial charge < -0.3 is 14.7 Å². The van der Waals surface area contributed by atoms with Crippen molar-refractivity contribution < 1.29 is 18.0 Å². The quantitative estimate of drug-likeness (QED) is 0.556. The first-order valence-corrected chi connectivity index (χ1v) is 12.6. The maximum absolute atomic E-state index is 13.6. The van der Waals surface area contributed by atoms with Crippen LogP contribution in [0.15, 0.2) is 48.7 Å². The van der Waals surface area contributed by atoms with Gasteiger partial charge in [0.05, 0.1) is 23.0 Å². The molecule has 198 valence electrons. The molecule has 0 saturated carbocycles. The fourth-order valence-electron chi connectivity index (χ4n) is 5.26. The summed E-state index contributed by atoms with van der Waals surface area (Å²) < 4.78 is 39.9. The molecule has 2 saturated heterocycles. The number of pyridine rings is 1. The summed E-state index contributed by atoms with van der Waals surface area (Å²) >= 11 is 0. The molecule has 38 heavy (non-hydrogen) atoms. The van der Waals surface area contributed by atoms with Crippen LogP contribution in [0, 0.1) is 0 Å². The number of anilines is 4. The number of aromatic nitrogens is 3. The highest BCUT2D eigenvalue weighted by atomic mass is 19.4. The Morgan fingerprint density at radius 1 is 1.00 bits per heavy atom. The van der Waals surface area contributed by atoms with E-state index in [2.05, 4.69) is 37.0 Å². The number of carbonyl (C=O) groups is 1. The molecule has 3 aliphatic rings. The van der Waals surface area contributed by atoms with E-state index in [0.717, 1.165) is 62.8 Å². The van der Waals surface area contributed by atoms with Gasteiger partial charge >= 0.3 is 12.2 Å². The molecule has 1 aromatic carbocycles. The number of alkyl halides is 3. The van der Waals surface area contributed by atoms with Gasteiger partial charge in [-0.05, 0) is 43.8 Å². The lowest BCUT2D eigenvalue weighted by atomic mass is 10.1. The van der Waals surface area contributed by atoms with Crippen LogP contribution in [0.4, 0.5) is 41.2 Å². The standard InChI is InChI=1S/C26H27F3N8O/c1-34-11-13-35(14-12-34)22-7-9-30-24(32-22)33-25(38)37-19-8-10-36(16-19)21-6-5-20(31-23(21)37)17-3-2-4-18(15-17)26(27,28)29/h2-7,9,15,19H,8,10-14,16H2,1H3,(H,30,32,33,38)/t19-/m0/s1. The van der Waals surface area contributed by atoms with E-state index in [9.17, 15) is 18.0 Å². The van der Waals surface area contributed by atoms with Crippen molar-refractivity contribution in [2.45, 2.75) is 18.6 Å². The number of benzene rings is 1. The van der Waals surface area contributed by atoms with Crippen LogP contribution in [0.25, 0.3) is 11.3 Å². The van der Waals surface area contributed by atoms with Gasteiger partial charge in [-0.1, -0.05) is 12.1 Å². The number of nitrogens with one attached hydrogen (secondary N) is 1. The Balaban J connectivity index is 1.29. The van der Waals surface area contributed by atoms with Gasteiger partial charge in [-0.25, -0.2) is 14.8 Å². The van der Waals surface area contributed by atoms with Gasteiger partial charge in [0.1, 0.15) is 5.82 Å². The Labute approximate surface area is 217 Å². The number of likely N-dealkylation sites (N-methyl/N-ethyl adjacent to an activating group) is 1. The van der Waals surface area contributed by atoms with E-state index in [-0.39, 0.29) is 12.0 Å². The summed E-state index contributed by atoms with van der Waals surface area (Å²) in [5.41, 5.74) is 0.727. The fourth-order valence-corrected chi connectivity index (χ4v) is 5.26. The Bertz CT molecular complexity index is 1360. The zero-order chi connectivity index (χ0) is 26.4. The smallest absolute Gasteiger partial charge is 0.366 e. The summed E-state index contributed by atoms with van der Waals surface area (Å²) in [5, 5.41) is 2.83. The SMILES string of the molecule is CN1CCN(c2ccnc(NC(=O)N3c4nc(-c5cccc(C(F)(F)F)c5)ccc4N4CC[C@H]3C4)n2)CC1. The fraction of sp³-hybridized carbons (Fsp3) is 0.385. The lowest BCUT2D eigenvalue weighted by Gasteiger charge is -2.36. The number of amides is 2. The summed E-state index contributed by atoms with van der Waals surface area (Å²) in [5.74, 6) is 1.36. The van der Waals surface area contributed by atoms with E-state index in [4.69, 9.17) is 4.98 Å². The molecule has 2 bridgehead atoms. The highest BCUT2D eigenvalue weighted by Crippen LogP contribution is 2.41. The second-order valence-corrected chi connectivity index (χ2v) is 9.84. The first-order valence-electron chi connectivity index (χ1n) is 12.6. The summed E-state index contributed by atoms with van der Waals surface area (Å²) in [7, 11) is 2.08. The molecule has 12 heteroatoms. The van der Waals surface area contributed by atoms with Gasteiger partial charge in [-0.15, -0.1) is 0 Å². The maximum atomic E-state index is 13.6. The van der Waals surface area contributed by atoms with Crippen LogP contribution in [-0.2, 0) is 6.18 Å². The molecular weight excluding hydrogens is 497 g/mol. The van der Waals surface area contributed by atoms with Crippen molar-refractivity contribution in [2.75, 3.05) is 66.3 Å². The first-order chi connectivity index (χ1) is 18.3. The second kappa shape index (κ2) is 9.43. The third kappa shape index (κ3) is 4.60. The van der Waals surface area contributed by atoms with E-state index in [1.165, 1.54) is 6.07 Å². The molecule has 2 aromatic heterocycles. The zero-order valence-electron chi connectivity index (χ0n) is 20.8. The summed E-state index contributed by atoms with van der Waals surface area (Å²) in [6.07, 6.45) is -2.08. The molecule has 1 N–H and O–H groups in total. The molecule has 3 aliphatic heterocycles. The van der Waals surface area contributed by atoms with Crippen molar-refractivity contribution in [3.05, 3.63) is 54.2 Å². The molecular formula is C26H27F3N8O. The Kier molecular flexibility index (Phi) is 6.05. The normalized spacial score (nSPS) is 19.5. The number of carbonyl (C=O) groups excluding carboxylic acids is 1. The molecule has 3 aromatic rings. The third-order valence-electron chi connectivity index (χ3n) is 7.34. The topological polar surface area (TPSA) is 80.7 Å². The summed E-state index contributed by atoms with van der Waals surface area (Å²) in [6, 6.07) is 9.88. The Morgan fingerprint density at radius 3 is 2.61 bits per heavy atom. The van der Waals surface area contributed by atoms with E-state index < -0.39 is 17.8 Å². The van der Waals surface area contributed by atoms with Gasteiger partial charge in [-0.3, -0.25) is 10.2 Å². The zero-order valence-corrected chi connectivity index (χ0v) is 20.8. The van der Waals surface area contributed by atoms with Crippen LogP contribution in [0.1, 0.15) is 12.0 Å². The largest absolute Gasteiger partial charge is 0.416 e. The van der Waals surface area contributed by atoms with Crippen molar-refractivity contribution >= 4 is 29.3 Å². The minimum Gasteiger partial charge on any atom is -0.366 e. The van der Waals surface area contributed by atoms with Crippen molar-refractivity contribution in [3.63, 3.8) is 0 Å². The predicted molar refractivity (Wildman–Crippen MR) is 139 cm³/mol. The highest BCUT2D eigenvalue weighted by molar-refractivity contribution is 6.04. The molecule has 6 rings (SSSR count). The predicted octanol–water partition coefficient (Wildman–Crippen LogP) is 3.94. The van der Waals surface area contributed by atoms with Gasteiger partial charge in [0.15, 0.2) is 5.82 Å². The Hall–Kier alpha value is -3.93. The molecule has 9 nitrogen and oxygen atoms in total. The maximum Gasteiger partial charge on any atom is 0.416 e. The van der Waals surface area contributed by atoms with Crippen molar-refractivity contribution in [1.82, 2.24) is 19.9 Å². The van der Waals surface area contributed by atoms with Crippen LogP contribution in [0.5, 0.6) is 0 Å². The van der Waals surface area contributed by atoms with E-state index >= 15 is 0 Å². The van der Waals surface area contributed by atoms with E-state index in [0.29, 0.717) is 23.6 Å². The van der Waals surface area contributed by atoms with Crippen LogP contribution < -0.4 is 20.0 Å². The van der Waals surface area contributed by atoms with E-state index in [1.54, 1.807) is 23.2 Å². The van der Waals surface area contributed by atoms with Crippen LogP contribution in [-0.4, -0.2) is 78.2 Å². The molecule has 2 fully saturated rings. The van der Waals surface area contributed by atoms with E-state index in [1.807, 2.05) is 12.1 Å². The van der Waals surface area contributed by atoms with Crippen molar-refractivity contribution in [3.8, 4) is 11.3 Å². The number of urea groups is 1. The average molecular weight is 525 g/mol. The lowest BCUT2D eigenvalue weighted by Crippen LogP contribution is -2.48. The number of hydrogen-bond acceptors (Lipinski definition) is 7. The molecule has 0 unspecified atom stereocenters. The van der Waals surface area contributed by atoms with Crippen molar-refractivity contribution in [1.29, 1.82) is 0 Å². The van der Waals surface area contributed by atoms with Gasteiger partial charge in [-0.2, -0.15) is 18.2 Å². The summed E-state index contributed by atoms with van der Waals surface area (Å²) in [6.45, 7) is 4.94. The van der Waals surface area contributed by atoms with Crippen LogP contribution >= 0.6 is 0 Å². The minimum absolute atomic E-state index is 0.118. The molecule has 0 spiro atoms. The molecule has 2 amide bonds. The number of halogens is 3. The van der Waals surface area contributed by atoms with Crippen molar-refractivity contribution in [2.24, 2.45) is 0 Å². The Morgan fingerprint density at radius 2 is 1.82 bits per heavy atom. The molecule has 0 aliphatic carbocycles. The summed E-state index contributed by atoms with van der Waals surface area (Å²) in [4.78, 5) is 35.3. The van der Waals surface area contributed by atoms with Gasteiger partial charge in [0.25, 0.3) is 0 Å². The highest BCUT2D eigenvalue weighted by Gasteiger charge is 2.40. The number of nitrogens with zero attached hydrogens (tertiary/aromatic N) is 7. The lowest BCUT2D eigenvalue weighted by molar-refractivity contribution is -0.137. The second-order valence-electron chi connectivity index (χ2n) is 9.84. The molecule has 1 atom stereocenters. The number of hydrogen-bond donors (Lipinski definition) is 1. The van der Waals surface area contributed by atoms with Crippen LogP contribution in [0.3, 0.4) is 0 Å². The number of fused-ring (bicyclic) bond motifs is 4. The first kappa shape index (κ1) is 24.4. The third-order valence-corrected chi connectivity index (χ3v) is 7.34. The van der Waals surface area contributed by atoms with Crippen LogP contribution in [0.2, 0.25) is 0 Å².